The molecule has 2 aromatic rings. The predicted molar refractivity (Wildman–Crippen MR) is 132 cm³/mol. The number of aliphatic hydroxyl groups is 1. The van der Waals surface area contributed by atoms with Crippen molar-refractivity contribution >= 4 is 11.8 Å². The van der Waals surface area contributed by atoms with Crippen LogP contribution in [0.3, 0.4) is 0 Å². The Morgan fingerprint density at radius 1 is 1.11 bits per heavy atom. The molecule has 8 nitrogen and oxygen atoms in total. The van der Waals surface area contributed by atoms with Gasteiger partial charge in [-0.15, -0.1) is 0 Å². The number of fused-ring (bicyclic) bond motifs is 1. The lowest BCUT2D eigenvalue weighted by molar-refractivity contribution is -0.133. The van der Waals surface area contributed by atoms with E-state index in [0.717, 1.165) is 36.1 Å². The Bertz CT molecular complexity index is 1160. The number of carbonyl (C=O) groups excluding carboxylic acids is 2. The van der Waals surface area contributed by atoms with E-state index in [1.54, 1.807) is 15.6 Å². The number of halogens is 2. The van der Waals surface area contributed by atoms with E-state index in [9.17, 15) is 23.5 Å². The number of aryl methyl sites for hydroxylation is 1. The summed E-state index contributed by atoms with van der Waals surface area (Å²) in [6.07, 6.45) is 2.38. The molecule has 2 saturated heterocycles. The molecular weight excluding hydrogens is 482 g/mol. The summed E-state index contributed by atoms with van der Waals surface area (Å²) in [5, 5.41) is 14.3. The number of ether oxygens (including phenoxy) is 1. The fraction of sp³-hybridized carbons (Fsp3) is 0.593. The monoisotopic (exact) mass is 516 g/mol. The lowest BCUT2D eigenvalue weighted by Gasteiger charge is -2.32. The summed E-state index contributed by atoms with van der Waals surface area (Å²) < 4.78 is 35.2. The molecule has 200 valence electrons. The van der Waals surface area contributed by atoms with Crippen molar-refractivity contribution in [1.29, 1.82) is 0 Å². The van der Waals surface area contributed by atoms with Gasteiger partial charge in [0.2, 0.25) is 5.91 Å². The zero-order chi connectivity index (χ0) is 26.1. The second kappa shape index (κ2) is 10.8. The Hall–Kier alpha value is -3.01. The third-order valence-electron chi connectivity index (χ3n) is 7.76. The third kappa shape index (κ3) is 5.49. The van der Waals surface area contributed by atoms with Crippen molar-refractivity contribution in [2.45, 2.75) is 76.8 Å². The lowest BCUT2D eigenvalue weighted by Crippen LogP contribution is -2.47. The van der Waals surface area contributed by atoms with Crippen LogP contribution in [0.2, 0.25) is 0 Å². The van der Waals surface area contributed by atoms with Crippen molar-refractivity contribution in [2.24, 2.45) is 0 Å². The van der Waals surface area contributed by atoms with Crippen LogP contribution in [0.5, 0.6) is 5.75 Å². The molecule has 1 aliphatic carbocycles. The molecule has 2 aliphatic heterocycles. The highest BCUT2D eigenvalue weighted by atomic mass is 19.1. The molecule has 0 spiro atoms. The van der Waals surface area contributed by atoms with Crippen molar-refractivity contribution in [1.82, 2.24) is 19.6 Å². The topological polar surface area (TPSA) is 87.9 Å². The first kappa shape index (κ1) is 25.6. The Kier molecular flexibility index (Phi) is 7.46. The van der Waals surface area contributed by atoms with Gasteiger partial charge in [-0.2, -0.15) is 5.10 Å². The molecule has 1 N–H and O–H groups in total. The minimum absolute atomic E-state index is 0.0442. The van der Waals surface area contributed by atoms with Gasteiger partial charge in [-0.1, -0.05) is 0 Å². The third-order valence-corrected chi connectivity index (χ3v) is 7.76. The summed E-state index contributed by atoms with van der Waals surface area (Å²) in [5.41, 5.74) is 2.84. The summed E-state index contributed by atoms with van der Waals surface area (Å²) in [6, 6.07) is 4.47. The van der Waals surface area contributed by atoms with Crippen LogP contribution < -0.4 is 4.74 Å². The molecule has 1 aromatic heterocycles. The zero-order valence-electron chi connectivity index (χ0n) is 21.2. The SMILES string of the molecule is Cc1cc(F)ccc1OC1CCN(C(=O)Cn2nc(C(=O)N3CCC(O)C(F)C3)c3c2CCCC3)CC1. The fourth-order valence-corrected chi connectivity index (χ4v) is 5.58. The van der Waals surface area contributed by atoms with E-state index >= 15 is 0 Å². The summed E-state index contributed by atoms with van der Waals surface area (Å²) in [7, 11) is 0. The Labute approximate surface area is 215 Å². The van der Waals surface area contributed by atoms with Gasteiger partial charge >= 0.3 is 0 Å². The molecule has 2 unspecified atom stereocenters. The second-order valence-corrected chi connectivity index (χ2v) is 10.4. The van der Waals surface area contributed by atoms with Gasteiger partial charge in [-0.3, -0.25) is 14.3 Å². The number of alkyl halides is 1. The van der Waals surface area contributed by atoms with Crippen LogP contribution in [-0.4, -0.2) is 81.1 Å². The number of aromatic nitrogens is 2. The first-order valence-electron chi connectivity index (χ1n) is 13.2. The highest BCUT2D eigenvalue weighted by molar-refractivity contribution is 5.94. The number of amides is 2. The van der Waals surface area contributed by atoms with E-state index in [0.29, 0.717) is 43.8 Å². The minimum atomic E-state index is -1.46. The van der Waals surface area contributed by atoms with Gasteiger partial charge in [0.05, 0.1) is 12.6 Å². The number of carbonyl (C=O) groups is 2. The number of benzene rings is 1. The van der Waals surface area contributed by atoms with Crippen molar-refractivity contribution < 1.29 is 28.2 Å². The van der Waals surface area contributed by atoms with Gasteiger partial charge in [0.25, 0.3) is 5.91 Å². The largest absolute Gasteiger partial charge is 0.490 e. The van der Waals surface area contributed by atoms with Crippen molar-refractivity contribution in [3.63, 3.8) is 0 Å². The van der Waals surface area contributed by atoms with Gasteiger partial charge in [-0.05, 0) is 62.8 Å². The lowest BCUT2D eigenvalue weighted by atomic mass is 9.95. The van der Waals surface area contributed by atoms with Crippen LogP contribution in [0, 0.1) is 12.7 Å². The molecule has 2 amide bonds. The number of nitrogens with zero attached hydrogens (tertiary/aromatic N) is 4. The molecule has 10 heteroatoms. The van der Waals surface area contributed by atoms with Crippen LogP contribution in [0.4, 0.5) is 8.78 Å². The van der Waals surface area contributed by atoms with Gasteiger partial charge in [-0.25, -0.2) is 8.78 Å². The predicted octanol–water partition coefficient (Wildman–Crippen LogP) is 2.82. The molecule has 0 radical (unpaired) electrons. The maximum absolute atomic E-state index is 14.1. The second-order valence-electron chi connectivity index (χ2n) is 10.4. The van der Waals surface area contributed by atoms with Gasteiger partial charge < -0.3 is 19.6 Å². The van der Waals surface area contributed by atoms with Gasteiger partial charge in [0, 0.05) is 43.7 Å². The molecule has 2 atom stereocenters. The molecule has 0 saturated carbocycles. The highest BCUT2D eigenvalue weighted by Gasteiger charge is 2.34. The number of piperidine rings is 2. The quantitative estimate of drug-likeness (QED) is 0.661. The van der Waals surface area contributed by atoms with Crippen LogP contribution >= 0.6 is 0 Å². The molecule has 3 aliphatic rings. The number of rotatable bonds is 5. The molecular formula is C27H34F2N4O4. The first-order chi connectivity index (χ1) is 17.8. The summed E-state index contributed by atoms with van der Waals surface area (Å²) in [5.74, 6) is -0.0183. The number of hydrogen-bond acceptors (Lipinski definition) is 5. The Morgan fingerprint density at radius 2 is 1.84 bits per heavy atom. The van der Waals surface area contributed by atoms with Crippen LogP contribution in [0.15, 0.2) is 18.2 Å². The standard InChI is InChI=1S/C27H34F2N4O4/c1-17-14-18(28)6-7-24(17)37-19-8-11-31(12-9-19)25(35)16-33-22-5-3-2-4-20(22)26(30-33)27(36)32-13-10-23(34)21(29)15-32/h6-7,14,19,21,23,34H,2-5,8-13,15-16H2,1H3. The average Bonchev–Trinajstić information content (AvgIpc) is 3.25. The Morgan fingerprint density at radius 3 is 2.57 bits per heavy atom. The highest BCUT2D eigenvalue weighted by Crippen LogP contribution is 2.28. The summed E-state index contributed by atoms with van der Waals surface area (Å²) >= 11 is 0. The minimum Gasteiger partial charge on any atom is -0.490 e. The van der Waals surface area contributed by atoms with Crippen LogP contribution in [0.25, 0.3) is 0 Å². The van der Waals surface area contributed by atoms with Crippen LogP contribution in [0.1, 0.15) is 59.4 Å². The number of aliphatic hydroxyl groups excluding tert-OH is 1. The molecule has 0 bridgehead atoms. The fourth-order valence-electron chi connectivity index (χ4n) is 5.58. The number of hydrogen-bond donors (Lipinski definition) is 1. The van der Waals surface area contributed by atoms with E-state index in [1.165, 1.54) is 17.0 Å². The normalized spacial score (nSPS) is 22.6. The summed E-state index contributed by atoms with van der Waals surface area (Å²) in [4.78, 5) is 29.6. The van der Waals surface area contributed by atoms with E-state index in [-0.39, 0.29) is 49.8 Å². The number of likely N-dealkylation sites (tertiary alicyclic amines) is 2. The average molecular weight is 517 g/mol. The van der Waals surface area contributed by atoms with Crippen molar-refractivity contribution in [3.05, 3.63) is 46.5 Å². The molecule has 5 rings (SSSR count). The van der Waals surface area contributed by atoms with Gasteiger partial charge in [0.15, 0.2) is 5.69 Å². The van der Waals surface area contributed by atoms with Crippen LogP contribution in [-0.2, 0) is 24.2 Å². The molecule has 2 fully saturated rings. The molecule has 3 heterocycles. The smallest absolute Gasteiger partial charge is 0.274 e. The van der Waals surface area contributed by atoms with E-state index < -0.39 is 12.3 Å². The van der Waals surface area contributed by atoms with Gasteiger partial charge in [0.1, 0.15) is 30.4 Å². The maximum Gasteiger partial charge on any atom is 0.274 e. The van der Waals surface area contributed by atoms with Crippen molar-refractivity contribution in [3.8, 4) is 5.75 Å². The molecule has 37 heavy (non-hydrogen) atoms. The first-order valence-corrected chi connectivity index (χ1v) is 13.2. The Balaban J connectivity index is 1.23. The van der Waals surface area contributed by atoms with E-state index in [2.05, 4.69) is 5.10 Å². The molecule has 1 aromatic carbocycles. The van der Waals surface area contributed by atoms with E-state index in [4.69, 9.17) is 4.74 Å². The van der Waals surface area contributed by atoms with E-state index in [1.807, 2.05) is 6.92 Å². The summed E-state index contributed by atoms with van der Waals surface area (Å²) in [6.45, 7) is 3.11. The zero-order valence-corrected chi connectivity index (χ0v) is 21.2. The van der Waals surface area contributed by atoms with Crippen molar-refractivity contribution in [2.75, 3.05) is 26.2 Å². The maximum atomic E-state index is 14.1.